The lowest BCUT2D eigenvalue weighted by Gasteiger charge is -2.30. The quantitative estimate of drug-likeness (QED) is 0.216. The van der Waals surface area contributed by atoms with Gasteiger partial charge in [0.2, 0.25) is 0 Å². The van der Waals surface area contributed by atoms with Gasteiger partial charge in [0.05, 0.1) is 33.2 Å². The first kappa shape index (κ1) is 27.3. The summed E-state index contributed by atoms with van der Waals surface area (Å²) in [6.07, 6.45) is 7.74. The molecule has 11 nitrogen and oxygen atoms in total. The predicted octanol–water partition coefficient (Wildman–Crippen LogP) is 3.96. The summed E-state index contributed by atoms with van der Waals surface area (Å²) in [6.45, 7) is 3.93. The molecule has 0 bridgehead atoms. The largest absolute Gasteiger partial charge is 0.371 e. The second-order valence-corrected chi connectivity index (χ2v) is 11.1. The van der Waals surface area contributed by atoms with Gasteiger partial charge in [-0.2, -0.15) is 5.26 Å². The van der Waals surface area contributed by atoms with Crippen LogP contribution >= 0.6 is 23.2 Å². The molecule has 0 unspecified atom stereocenters. The number of rotatable bonds is 7. The van der Waals surface area contributed by atoms with Crippen LogP contribution in [-0.2, 0) is 0 Å². The molecule has 4 heterocycles. The van der Waals surface area contributed by atoms with Gasteiger partial charge < -0.3 is 26.8 Å². The number of aromatic nitrogens is 1. The van der Waals surface area contributed by atoms with Crippen LogP contribution < -0.4 is 37.9 Å². The molecule has 0 radical (unpaired) electrons. The smallest absolute Gasteiger partial charge is 0.112 e. The summed E-state index contributed by atoms with van der Waals surface area (Å²) in [5.74, 6) is 0. The van der Waals surface area contributed by atoms with E-state index in [1.54, 1.807) is 0 Å². The molecule has 2 aromatic carbocycles. The zero-order chi connectivity index (χ0) is 28.5. The van der Waals surface area contributed by atoms with E-state index in [1.165, 1.54) is 6.20 Å². The summed E-state index contributed by atoms with van der Waals surface area (Å²) in [5.41, 5.74) is 18.9. The SMILES string of the molecule is Cc1ccc(Nc2c(C#N)cnc3c(Cl)cc(N[C@H](C4=CN(C)NN4)C4=CN(C5CCNCC5)NN4)cc23)cc1Cl. The van der Waals surface area contributed by atoms with E-state index < -0.39 is 0 Å². The minimum absolute atomic E-state index is 0.278. The first-order valence-corrected chi connectivity index (χ1v) is 14.2. The lowest BCUT2D eigenvalue weighted by atomic mass is 10.1. The number of hydrogen-bond acceptors (Lipinski definition) is 11. The molecule has 6 rings (SSSR count). The van der Waals surface area contributed by atoms with E-state index in [0.29, 0.717) is 38.2 Å². The first-order valence-electron chi connectivity index (χ1n) is 13.4. The molecule has 0 saturated carbocycles. The third-order valence-electron chi connectivity index (χ3n) is 7.44. The van der Waals surface area contributed by atoms with Gasteiger partial charge in [-0.1, -0.05) is 29.3 Å². The molecule has 1 aromatic heterocycles. The highest BCUT2D eigenvalue weighted by Gasteiger charge is 2.30. The Morgan fingerprint density at radius 1 is 1.02 bits per heavy atom. The van der Waals surface area contributed by atoms with Gasteiger partial charge in [0, 0.05) is 53.5 Å². The van der Waals surface area contributed by atoms with Crippen molar-refractivity contribution in [2.45, 2.75) is 31.8 Å². The van der Waals surface area contributed by atoms with Crippen molar-refractivity contribution in [1.82, 2.24) is 42.2 Å². The summed E-state index contributed by atoms with van der Waals surface area (Å²) in [4.78, 5) is 4.50. The number of pyridine rings is 1. The Morgan fingerprint density at radius 2 is 1.78 bits per heavy atom. The fourth-order valence-electron chi connectivity index (χ4n) is 5.21. The van der Waals surface area contributed by atoms with Crippen molar-refractivity contribution in [1.29, 1.82) is 5.26 Å². The number of nitriles is 1. The molecule has 41 heavy (non-hydrogen) atoms. The highest BCUT2D eigenvalue weighted by molar-refractivity contribution is 6.36. The number of benzene rings is 2. The van der Waals surface area contributed by atoms with Gasteiger partial charge in [-0.25, -0.2) is 0 Å². The van der Waals surface area contributed by atoms with E-state index in [-0.39, 0.29) is 6.04 Å². The Bertz CT molecular complexity index is 1580. The number of hydrogen-bond donors (Lipinski definition) is 7. The van der Waals surface area contributed by atoms with Crippen LogP contribution in [-0.4, -0.2) is 47.2 Å². The number of hydrazine groups is 4. The zero-order valence-electron chi connectivity index (χ0n) is 22.6. The van der Waals surface area contributed by atoms with Gasteiger partial charge in [0.25, 0.3) is 0 Å². The third kappa shape index (κ3) is 5.66. The number of fused-ring (bicyclic) bond motifs is 1. The Hall–Kier alpha value is -3.92. The topological polar surface area (TPSA) is 127 Å². The fraction of sp³-hybridized carbons (Fsp3) is 0.286. The molecule has 0 amide bonds. The van der Waals surface area contributed by atoms with Crippen molar-refractivity contribution in [2.24, 2.45) is 0 Å². The summed E-state index contributed by atoms with van der Waals surface area (Å²) in [7, 11) is 1.92. The fourth-order valence-corrected chi connectivity index (χ4v) is 5.66. The zero-order valence-corrected chi connectivity index (χ0v) is 24.2. The second-order valence-electron chi connectivity index (χ2n) is 10.3. The number of nitrogens with zero attached hydrogens (tertiary/aromatic N) is 4. The summed E-state index contributed by atoms with van der Waals surface area (Å²) in [5, 5.41) is 26.1. The molecular formula is C28H31Cl2N11. The van der Waals surface area contributed by atoms with Crippen LogP contribution in [0.15, 0.2) is 60.3 Å². The van der Waals surface area contributed by atoms with E-state index >= 15 is 0 Å². The van der Waals surface area contributed by atoms with Gasteiger partial charge in [-0.05, 0) is 62.7 Å². The van der Waals surface area contributed by atoms with E-state index in [1.807, 2.05) is 55.5 Å². The minimum atomic E-state index is -0.278. The lowest BCUT2D eigenvalue weighted by molar-refractivity contribution is 0.162. The van der Waals surface area contributed by atoms with E-state index in [2.05, 4.69) is 60.1 Å². The monoisotopic (exact) mass is 591 g/mol. The van der Waals surface area contributed by atoms with Crippen LogP contribution in [0.4, 0.5) is 17.1 Å². The van der Waals surface area contributed by atoms with Crippen LogP contribution in [0.25, 0.3) is 10.9 Å². The van der Waals surface area contributed by atoms with Crippen molar-refractivity contribution in [2.75, 3.05) is 30.8 Å². The van der Waals surface area contributed by atoms with E-state index in [4.69, 9.17) is 23.2 Å². The molecule has 13 heteroatoms. The van der Waals surface area contributed by atoms with Gasteiger partial charge in [-0.3, -0.25) is 15.0 Å². The lowest BCUT2D eigenvalue weighted by Crippen LogP contribution is -2.48. The Labute approximate surface area is 248 Å². The maximum Gasteiger partial charge on any atom is 0.112 e. The number of anilines is 3. The summed E-state index contributed by atoms with van der Waals surface area (Å²) in [6, 6.07) is 11.9. The van der Waals surface area contributed by atoms with E-state index in [0.717, 1.165) is 54.3 Å². The predicted molar refractivity (Wildman–Crippen MR) is 163 cm³/mol. The molecule has 3 aromatic rings. The van der Waals surface area contributed by atoms with Gasteiger partial charge in [0.15, 0.2) is 0 Å². The van der Waals surface area contributed by atoms with Crippen LogP contribution in [0.3, 0.4) is 0 Å². The number of nitrogens with one attached hydrogen (secondary N) is 7. The summed E-state index contributed by atoms with van der Waals surface area (Å²) < 4.78 is 0. The van der Waals surface area contributed by atoms with Gasteiger partial charge in [0.1, 0.15) is 12.1 Å². The molecule has 0 spiro atoms. The number of halogens is 2. The first-order chi connectivity index (χ1) is 19.9. The second kappa shape index (κ2) is 11.5. The average molecular weight is 593 g/mol. The molecule has 1 saturated heterocycles. The average Bonchev–Trinajstić information content (AvgIpc) is 3.64. The highest BCUT2D eigenvalue weighted by Crippen LogP contribution is 2.36. The van der Waals surface area contributed by atoms with Crippen molar-refractivity contribution in [3.63, 3.8) is 0 Å². The molecule has 7 N–H and O–H groups in total. The van der Waals surface area contributed by atoms with Crippen molar-refractivity contribution < 1.29 is 0 Å². The minimum Gasteiger partial charge on any atom is -0.371 e. The van der Waals surface area contributed by atoms with Crippen molar-refractivity contribution in [3.05, 3.63) is 81.5 Å². The Morgan fingerprint density at radius 3 is 2.51 bits per heavy atom. The molecule has 1 fully saturated rings. The van der Waals surface area contributed by atoms with Crippen molar-refractivity contribution in [3.8, 4) is 6.07 Å². The molecular weight excluding hydrogens is 561 g/mol. The Balaban J connectivity index is 1.37. The number of piperidine rings is 1. The Kier molecular flexibility index (Phi) is 7.66. The number of aryl methyl sites for hydroxylation is 1. The van der Waals surface area contributed by atoms with E-state index in [9.17, 15) is 5.26 Å². The van der Waals surface area contributed by atoms with Crippen LogP contribution in [0, 0.1) is 18.3 Å². The maximum absolute atomic E-state index is 9.92. The molecule has 3 aliphatic heterocycles. The molecule has 1 atom stereocenters. The molecule has 212 valence electrons. The van der Waals surface area contributed by atoms with Crippen LogP contribution in [0.2, 0.25) is 10.0 Å². The molecule has 3 aliphatic rings. The maximum atomic E-state index is 9.92. The molecule has 0 aliphatic carbocycles. The van der Waals surface area contributed by atoms with Gasteiger partial charge in [-0.15, -0.1) is 11.1 Å². The standard InChI is InChI=1S/C28H31Cl2N11/c1-16-3-4-18(10-22(16)29)34-26-17(12-31)13-33-27-21(26)9-19(11-23(27)30)35-28(24-14-40(2)38-36-24)25-15-41(39-37-25)20-5-7-32-8-6-20/h3-4,9-11,13-15,20,28,32,35-39H,5-8H2,1-2H3,(H,33,34)/t28-/m1/s1. The highest BCUT2D eigenvalue weighted by atomic mass is 35.5. The van der Waals surface area contributed by atoms with Gasteiger partial charge >= 0.3 is 0 Å². The summed E-state index contributed by atoms with van der Waals surface area (Å²) >= 11 is 13.2. The third-order valence-corrected chi connectivity index (χ3v) is 8.13. The van der Waals surface area contributed by atoms with Crippen LogP contribution in [0.1, 0.15) is 24.0 Å². The normalized spacial score (nSPS) is 17.9. The van der Waals surface area contributed by atoms with Crippen LogP contribution in [0.5, 0.6) is 0 Å². The van der Waals surface area contributed by atoms with Crippen molar-refractivity contribution >= 4 is 51.2 Å².